The molecule has 0 radical (unpaired) electrons. The molecule has 23 heavy (non-hydrogen) atoms. The molecule has 2 N–H and O–H groups in total. The van der Waals surface area contributed by atoms with Crippen molar-refractivity contribution in [3.63, 3.8) is 0 Å². The number of aliphatic hydroxyl groups is 1. The molecule has 2 rings (SSSR count). The van der Waals surface area contributed by atoms with E-state index in [4.69, 9.17) is 5.11 Å². The van der Waals surface area contributed by atoms with Gasteiger partial charge in [-0.3, -0.25) is 0 Å². The third kappa shape index (κ3) is 3.95. The standard InChI is InChI=1S/C15H18F2N2O4/c1-23-14(21)10-6-13(12(17)7-11(10)16)18-15(22)19-4-2-9(8-20)3-5-19/h6-7,9,20H,2-5,8H2,1H3,(H,18,22). The predicted molar refractivity (Wildman–Crippen MR) is 78.1 cm³/mol. The van der Waals surface area contributed by atoms with Gasteiger partial charge in [-0.2, -0.15) is 0 Å². The van der Waals surface area contributed by atoms with Gasteiger partial charge in [0.2, 0.25) is 0 Å². The second-order valence-electron chi connectivity index (χ2n) is 5.35. The molecule has 0 aromatic heterocycles. The average Bonchev–Trinajstić information content (AvgIpc) is 2.56. The zero-order valence-electron chi connectivity index (χ0n) is 12.6. The molecule has 0 atom stereocenters. The number of halogens is 2. The number of benzene rings is 1. The highest BCUT2D eigenvalue weighted by molar-refractivity contribution is 5.94. The summed E-state index contributed by atoms with van der Waals surface area (Å²) < 4.78 is 31.7. The number of hydrogen-bond acceptors (Lipinski definition) is 4. The van der Waals surface area contributed by atoms with E-state index < -0.39 is 29.2 Å². The number of rotatable bonds is 3. The molecule has 1 fully saturated rings. The van der Waals surface area contributed by atoms with Crippen LogP contribution in [-0.4, -0.2) is 48.8 Å². The van der Waals surface area contributed by atoms with E-state index >= 15 is 0 Å². The minimum atomic E-state index is -1.06. The Bertz CT molecular complexity index is 601. The summed E-state index contributed by atoms with van der Waals surface area (Å²) in [5, 5.41) is 11.4. The van der Waals surface area contributed by atoms with Gasteiger partial charge in [-0.1, -0.05) is 0 Å². The van der Waals surface area contributed by atoms with Gasteiger partial charge in [0.15, 0.2) is 0 Å². The molecule has 0 bridgehead atoms. The number of aliphatic hydroxyl groups excluding tert-OH is 1. The molecule has 0 saturated carbocycles. The van der Waals surface area contributed by atoms with E-state index in [1.807, 2.05) is 0 Å². The summed E-state index contributed by atoms with van der Waals surface area (Å²) >= 11 is 0. The van der Waals surface area contributed by atoms with Crippen LogP contribution in [0.4, 0.5) is 19.3 Å². The first-order valence-electron chi connectivity index (χ1n) is 7.20. The zero-order chi connectivity index (χ0) is 17.0. The average molecular weight is 328 g/mol. The van der Waals surface area contributed by atoms with E-state index in [0.29, 0.717) is 32.0 Å². The van der Waals surface area contributed by atoms with Crippen molar-refractivity contribution in [3.05, 3.63) is 29.3 Å². The molecule has 1 aromatic carbocycles. The molecule has 6 nitrogen and oxygen atoms in total. The third-order valence-electron chi connectivity index (χ3n) is 3.86. The highest BCUT2D eigenvalue weighted by atomic mass is 19.1. The number of amides is 2. The van der Waals surface area contributed by atoms with E-state index in [0.717, 1.165) is 13.2 Å². The molecule has 0 unspecified atom stereocenters. The molecule has 1 aromatic rings. The topological polar surface area (TPSA) is 78.9 Å². The normalized spacial score (nSPS) is 15.4. The Morgan fingerprint density at radius 2 is 1.96 bits per heavy atom. The lowest BCUT2D eigenvalue weighted by molar-refractivity contribution is 0.0595. The maximum atomic E-state index is 13.8. The number of urea groups is 1. The number of carbonyl (C=O) groups is 2. The fourth-order valence-corrected chi connectivity index (χ4v) is 2.42. The largest absolute Gasteiger partial charge is 0.465 e. The molecule has 0 aliphatic carbocycles. The summed E-state index contributed by atoms with van der Waals surface area (Å²) in [6, 6.07) is 0.900. The minimum absolute atomic E-state index is 0.0739. The summed E-state index contributed by atoms with van der Waals surface area (Å²) in [6.45, 7) is 0.942. The lowest BCUT2D eigenvalue weighted by atomic mass is 9.98. The van der Waals surface area contributed by atoms with Gasteiger partial charge in [0.25, 0.3) is 0 Å². The van der Waals surface area contributed by atoms with Gasteiger partial charge in [-0.15, -0.1) is 0 Å². The quantitative estimate of drug-likeness (QED) is 0.832. The Morgan fingerprint density at radius 3 is 2.52 bits per heavy atom. The predicted octanol–water partition coefficient (Wildman–Crippen LogP) is 1.99. The van der Waals surface area contributed by atoms with Crippen LogP contribution in [0.2, 0.25) is 0 Å². The number of anilines is 1. The van der Waals surface area contributed by atoms with Gasteiger partial charge < -0.3 is 20.1 Å². The first kappa shape index (κ1) is 17.1. The number of carbonyl (C=O) groups excluding carboxylic acids is 2. The number of piperidine rings is 1. The first-order chi connectivity index (χ1) is 11.0. The number of methoxy groups -OCH3 is 1. The van der Waals surface area contributed by atoms with Crippen LogP contribution < -0.4 is 5.32 Å². The molecular weight excluding hydrogens is 310 g/mol. The van der Waals surface area contributed by atoms with E-state index in [1.165, 1.54) is 4.90 Å². The number of nitrogens with zero attached hydrogens (tertiary/aromatic N) is 1. The summed E-state index contributed by atoms with van der Waals surface area (Å²) in [7, 11) is 1.08. The maximum Gasteiger partial charge on any atom is 0.340 e. The minimum Gasteiger partial charge on any atom is -0.465 e. The number of esters is 1. The van der Waals surface area contributed by atoms with Crippen molar-refractivity contribution in [2.24, 2.45) is 5.92 Å². The van der Waals surface area contributed by atoms with E-state index in [1.54, 1.807) is 0 Å². The van der Waals surface area contributed by atoms with Crippen LogP contribution in [0.3, 0.4) is 0 Å². The van der Waals surface area contributed by atoms with Crippen LogP contribution in [0.25, 0.3) is 0 Å². The molecule has 8 heteroatoms. The molecule has 1 saturated heterocycles. The smallest absolute Gasteiger partial charge is 0.340 e. The molecule has 1 aliphatic rings. The van der Waals surface area contributed by atoms with Gasteiger partial charge in [0.1, 0.15) is 11.6 Å². The van der Waals surface area contributed by atoms with Gasteiger partial charge in [-0.05, 0) is 24.8 Å². The summed E-state index contributed by atoms with van der Waals surface area (Å²) in [5.41, 5.74) is -0.746. The van der Waals surface area contributed by atoms with Crippen molar-refractivity contribution < 1.29 is 28.2 Å². The molecule has 1 heterocycles. The Morgan fingerprint density at radius 1 is 1.30 bits per heavy atom. The molecule has 126 valence electrons. The van der Waals surface area contributed by atoms with Crippen LogP contribution in [-0.2, 0) is 4.74 Å². The summed E-state index contributed by atoms with van der Waals surface area (Å²) in [5.74, 6) is -2.83. The van der Waals surface area contributed by atoms with Crippen LogP contribution in [0.1, 0.15) is 23.2 Å². The van der Waals surface area contributed by atoms with E-state index in [2.05, 4.69) is 10.1 Å². The van der Waals surface area contributed by atoms with Crippen molar-refractivity contribution in [2.75, 3.05) is 32.1 Å². The highest BCUT2D eigenvalue weighted by Gasteiger charge is 2.24. The SMILES string of the molecule is COC(=O)c1cc(NC(=O)N2CCC(CO)CC2)c(F)cc1F. The first-order valence-corrected chi connectivity index (χ1v) is 7.20. The van der Waals surface area contributed by atoms with Gasteiger partial charge >= 0.3 is 12.0 Å². The lowest BCUT2D eigenvalue weighted by Gasteiger charge is -2.31. The van der Waals surface area contributed by atoms with Crippen LogP contribution in [0.15, 0.2) is 12.1 Å². The lowest BCUT2D eigenvalue weighted by Crippen LogP contribution is -2.41. The van der Waals surface area contributed by atoms with E-state index in [-0.39, 0.29) is 18.2 Å². The number of hydrogen-bond donors (Lipinski definition) is 2. The fraction of sp³-hybridized carbons (Fsp3) is 0.467. The van der Waals surface area contributed by atoms with Crippen molar-refractivity contribution in [1.29, 1.82) is 0 Å². The second kappa shape index (κ2) is 7.36. The van der Waals surface area contributed by atoms with Gasteiger partial charge in [-0.25, -0.2) is 18.4 Å². The van der Waals surface area contributed by atoms with E-state index in [9.17, 15) is 18.4 Å². The highest BCUT2D eigenvalue weighted by Crippen LogP contribution is 2.22. The van der Waals surface area contributed by atoms with Crippen LogP contribution in [0.5, 0.6) is 0 Å². The Kier molecular flexibility index (Phi) is 5.49. The number of ether oxygens (including phenoxy) is 1. The van der Waals surface area contributed by atoms with Crippen molar-refractivity contribution >= 4 is 17.7 Å². The second-order valence-corrected chi connectivity index (χ2v) is 5.35. The van der Waals surface area contributed by atoms with Gasteiger partial charge in [0, 0.05) is 25.8 Å². The Labute approximate surface area is 132 Å². The van der Waals surface area contributed by atoms with Crippen molar-refractivity contribution in [1.82, 2.24) is 4.90 Å². The fourth-order valence-electron chi connectivity index (χ4n) is 2.42. The monoisotopic (exact) mass is 328 g/mol. The molecule has 2 amide bonds. The summed E-state index contributed by atoms with van der Waals surface area (Å²) in [6.07, 6.45) is 1.31. The van der Waals surface area contributed by atoms with Crippen LogP contribution >= 0.6 is 0 Å². The zero-order valence-corrected chi connectivity index (χ0v) is 12.6. The molecule has 1 aliphatic heterocycles. The molecule has 0 spiro atoms. The Hall–Kier alpha value is -2.22. The maximum absolute atomic E-state index is 13.8. The van der Waals surface area contributed by atoms with Gasteiger partial charge in [0.05, 0.1) is 18.4 Å². The van der Waals surface area contributed by atoms with Crippen LogP contribution in [0, 0.1) is 17.6 Å². The third-order valence-corrected chi connectivity index (χ3v) is 3.86. The Balaban J connectivity index is 2.10. The molecular formula is C15H18F2N2O4. The van der Waals surface area contributed by atoms with Crippen molar-refractivity contribution in [3.8, 4) is 0 Å². The number of likely N-dealkylation sites (tertiary alicyclic amines) is 1. The number of nitrogens with one attached hydrogen (secondary N) is 1. The van der Waals surface area contributed by atoms with Crippen molar-refractivity contribution in [2.45, 2.75) is 12.8 Å². The summed E-state index contributed by atoms with van der Waals surface area (Å²) in [4.78, 5) is 25.0.